The third kappa shape index (κ3) is 4.87. The Hall–Kier alpha value is -1.62. The molecule has 4 nitrogen and oxygen atoms in total. The number of nitrogens with one attached hydrogen (secondary N) is 1. The fraction of sp³-hybridized carbons (Fsp3) is 0.385. The second kappa shape index (κ2) is 7.09. The lowest BCUT2D eigenvalue weighted by molar-refractivity contribution is -0.147. The summed E-state index contributed by atoms with van der Waals surface area (Å²) in [5, 5.41) is 2.47. The Morgan fingerprint density at radius 1 is 1.47 bits per heavy atom. The Morgan fingerprint density at radius 3 is 2.68 bits per heavy atom. The molecule has 1 rings (SSSR count). The molecule has 1 atom stereocenters. The zero-order valence-electron chi connectivity index (χ0n) is 10.7. The van der Waals surface area contributed by atoms with Crippen molar-refractivity contribution in [2.75, 3.05) is 6.61 Å². The first kappa shape index (κ1) is 15.4. The SMILES string of the molecule is CCOC(=O)[C@@H](Cc1ccc(F)c(Cl)c1)NC(C)=O. The molecular weight excluding hydrogens is 273 g/mol. The van der Waals surface area contributed by atoms with Gasteiger partial charge in [-0.3, -0.25) is 4.79 Å². The standard InChI is InChI=1S/C13H15ClFNO3/c1-3-19-13(18)12(16-8(2)17)7-9-4-5-11(15)10(14)6-9/h4-6,12H,3,7H2,1-2H3,(H,16,17)/t12-/m1/s1. The molecule has 0 saturated heterocycles. The van der Waals surface area contributed by atoms with Gasteiger partial charge in [0.15, 0.2) is 0 Å². The topological polar surface area (TPSA) is 55.4 Å². The van der Waals surface area contributed by atoms with Crippen molar-refractivity contribution in [3.8, 4) is 0 Å². The first-order valence-corrected chi connectivity index (χ1v) is 6.19. The van der Waals surface area contributed by atoms with Gasteiger partial charge in [-0.25, -0.2) is 9.18 Å². The minimum absolute atomic E-state index is 0.0251. The van der Waals surface area contributed by atoms with Gasteiger partial charge >= 0.3 is 5.97 Å². The molecule has 1 amide bonds. The number of rotatable bonds is 5. The number of amides is 1. The summed E-state index contributed by atoms with van der Waals surface area (Å²) in [6, 6.07) is 3.34. The minimum Gasteiger partial charge on any atom is -0.464 e. The van der Waals surface area contributed by atoms with Crippen molar-refractivity contribution in [1.82, 2.24) is 5.32 Å². The van der Waals surface area contributed by atoms with Crippen LogP contribution in [0.2, 0.25) is 5.02 Å². The monoisotopic (exact) mass is 287 g/mol. The van der Waals surface area contributed by atoms with E-state index in [1.165, 1.54) is 25.1 Å². The number of hydrogen-bond acceptors (Lipinski definition) is 3. The number of ether oxygens (including phenoxy) is 1. The highest BCUT2D eigenvalue weighted by Crippen LogP contribution is 2.17. The minimum atomic E-state index is -0.807. The molecule has 0 aliphatic rings. The smallest absolute Gasteiger partial charge is 0.328 e. The van der Waals surface area contributed by atoms with Gasteiger partial charge in [0.1, 0.15) is 11.9 Å². The molecule has 0 fully saturated rings. The summed E-state index contributed by atoms with van der Waals surface area (Å²) in [7, 11) is 0. The van der Waals surface area contributed by atoms with Gasteiger partial charge in [-0.15, -0.1) is 0 Å². The molecule has 0 radical (unpaired) electrons. The fourth-order valence-corrected chi connectivity index (χ4v) is 1.79. The van der Waals surface area contributed by atoms with Crippen LogP contribution in [0.3, 0.4) is 0 Å². The molecule has 0 saturated carbocycles. The van der Waals surface area contributed by atoms with Crippen LogP contribution in [0, 0.1) is 5.82 Å². The van der Waals surface area contributed by atoms with Crippen molar-refractivity contribution in [3.63, 3.8) is 0 Å². The van der Waals surface area contributed by atoms with Crippen LogP contribution in [0.25, 0.3) is 0 Å². The van der Waals surface area contributed by atoms with Crippen LogP contribution < -0.4 is 5.32 Å². The summed E-state index contributed by atoms with van der Waals surface area (Å²) >= 11 is 5.67. The van der Waals surface area contributed by atoms with Crippen LogP contribution in [0.4, 0.5) is 4.39 Å². The average Bonchev–Trinajstić information content (AvgIpc) is 2.33. The molecule has 0 aliphatic carbocycles. The van der Waals surface area contributed by atoms with Crippen molar-refractivity contribution in [2.45, 2.75) is 26.3 Å². The van der Waals surface area contributed by atoms with Crippen molar-refractivity contribution in [1.29, 1.82) is 0 Å². The second-order valence-corrected chi connectivity index (χ2v) is 4.36. The molecule has 0 unspecified atom stereocenters. The Morgan fingerprint density at radius 2 is 2.16 bits per heavy atom. The third-order valence-corrected chi connectivity index (χ3v) is 2.66. The van der Waals surface area contributed by atoms with E-state index in [4.69, 9.17) is 16.3 Å². The van der Waals surface area contributed by atoms with E-state index in [2.05, 4.69) is 5.32 Å². The van der Waals surface area contributed by atoms with Crippen LogP contribution in [0.15, 0.2) is 18.2 Å². The van der Waals surface area contributed by atoms with Crippen molar-refractivity contribution in [2.24, 2.45) is 0 Å². The maximum absolute atomic E-state index is 13.0. The summed E-state index contributed by atoms with van der Waals surface area (Å²) in [6.45, 7) is 3.21. The molecule has 1 aromatic carbocycles. The van der Waals surface area contributed by atoms with Crippen LogP contribution in [0.1, 0.15) is 19.4 Å². The highest BCUT2D eigenvalue weighted by Gasteiger charge is 2.21. The summed E-state index contributed by atoms with van der Waals surface area (Å²) in [5.41, 5.74) is 0.637. The second-order valence-electron chi connectivity index (χ2n) is 3.96. The quantitative estimate of drug-likeness (QED) is 0.844. The molecule has 19 heavy (non-hydrogen) atoms. The zero-order valence-corrected chi connectivity index (χ0v) is 11.5. The molecule has 1 N–H and O–H groups in total. The Balaban J connectivity index is 2.83. The molecule has 0 aliphatic heterocycles. The average molecular weight is 288 g/mol. The van der Waals surface area contributed by atoms with Gasteiger partial charge in [0.25, 0.3) is 0 Å². The number of halogens is 2. The predicted molar refractivity (Wildman–Crippen MR) is 69.4 cm³/mol. The number of benzene rings is 1. The molecular formula is C13H15ClFNO3. The molecule has 0 spiro atoms. The summed E-state index contributed by atoms with van der Waals surface area (Å²) < 4.78 is 17.9. The van der Waals surface area contributed by atoms with Gasteiger partial charge in [0, 0.05) is 13.3 Å². The Labute approximate surface area is 115 Å². The molecule has 0 aromatic heterocycles. The lowest BCUT2D eigenvalue weighted by Gasteiger charge is -2.16. The van der Waals surface area contributed by atoms with E-state index in [0.717, 1.165) is 0 Å². The zero-order chi connectivity index (χ0) is 14.4. The van der Waals surface area contributed by atoms with Crippen LogP contribution in [-0.4, -0.2) is 24.5 Å². The van der Waals surface area contributed by atoms with Gasteiger partial charge in [-0.1, -0.05) is 17.7 Å². The predicted octanol–water partition coefficient (Wildman–Crippen LogP) is 2.09. The Bertz CT molecular complexity index is 479. The van der Waals surface area contributed by atoms with E-state index in [0.29, 0.717) is 5.56 Å². The number of carbonyl (C=O) groups excluding carboxylic acids is 2. The highest BCUT2D eigenvalue weighted by atomic mass is 35.5. The van der Waals surface area contributed by atoms with E-state index in [-0.39, 0.29) is 24.0 Å². The lowest BCUT2D eigenvalue weighted by atomic mass is 10.1. The van der Waals surface area contributed by atoms with E-state index in [1.807, 2.05) is 0 Å². The van der Waals surface area contributed by atoms with Gasteiger partial charge in [0.05, 0.1) is 11.6 Å². The lowest BCUT2D eigenvalue weighted by Crippen LogP contribution is -2.42. The Kier molecular flexibility index (Phi) is 5.76. The van der Waals surface area contributed by atoms with Gasteiger partial charge in [-0.05, 0) is 24.6 Å². The van der Waals surface area contributed by atoms with Crippen molar-refractivity contribution < 1.29 is 18.7 Å². The number of esters is 1. The van der Waals surface area contributed by atoms with E-state index in [1.54, 1.807) is 6.92 Å². The van der Waals surface area contributed by atoms with Crippen LogP contribution in [-0.2, 0) is 20.7 Å². The molecule has 0 heterocycles. The first-order chi connectivity index (χ1) is 8.93. The summed E-state index contributed by atoms with van der Waals surface area (Å²) in [4.78, 5) is 22.8. The molecule has 1 aromatic rings. The summed E-state index contributed by atoms with van der Waals surface area (Å²) in [6.07, 6.45) is 0.193. The van der Waals surface area contributed by atoms with Gasteiger partial charge in [-0.2, -0.15) is 0 Å². The van der Waals surface area contributed by atoms with Crippen LogP contribution >= 0.6 is 11.6 Å². The number of carbonyl (C=O) groups is 2. The van der Waals surface area contributed by atoms with E-state index < -0.39 is 17.8 Å². The third-order valence-electron chi connectivity index (χ3n) is 2.37. The maximum Gasteiger partial charge on any atom is 0.328 e. The van der Waals surface area contributed by atoms with E-state index >= 15 is 0 Å². The van der Waals surface area contributed by atoms with Crippen molar-refractivity contribution in [3.05, 3.63) is 34.6 Å². The van der Waals surface area contributed by atoms with Gasteiger partial charge in [0.2, 0.25) is 5.91 Å². The largest absolute Gasteiger partial charge is 0.464 e. The summed E-state index contributed by atoms with van der Waals surface area (Å²) in [5.74, 6) is -1.40. The number of hydrogen-bond donors (Lipinski definition) is 1. The van der Waals surface area contributed by atoms with Gasteiger partial charge < -0.3 is 10.1 Å². The first-order valence-electron chi connectivity index (χ1n) is 5.81. The fourth-order valence-electron chi connectivity index (χ4n) is 1.58. The molecule has 6 heteroatoms. The van der Waals surface area contributed by atoms with Crippen LogP contribution in [0.5, 0.6) is 0 Å². The molecule has 0 bridgehead atoms. The maximum atomic E-state index is 13.0. The molecule has 104 valence electrons. The van der Waals surface area contributed by atoms with Crippen molar-refractivity contribution >= 4 is 23.5 Å². The normalized spacial score (nSPS) is 11.8. The highest BCUT2D eigenvalue weighted by molar-refractivity contribution is 6.30. The van der Waals surface area contributed by atoms with E-state index in [9.17, 15) is 14.0 Å².